The van der Waals surface area contributed by atoms with Crippen LogP contribution in [0.1, 0.15) is 40.2 Å². The molecule has 0 saturated carbocycles. The maximum atomic E-state index is 12.0. The molecule has 0 radical (unpaired) electrons. The predicted octanol–water partition coefficient (Wildman–Crippen LogP) is 1.88. The van der Waals surface area contributed by atoms with Gasteiger partial charge in [0.25, 0.3) is 5.91 Å². The molecule has 3 amide bonds. The lowest BCUT2D eigenvalue weighted by Gasteiger charge is -2.21. The molecular weight excluding hydrogens is 338 g/mol. The summed E-state index contributed by atoms with van der Waals surface area (Å²) >= 11 is 0. The van der Waals surface area contributed by atoms with Gasteiger partial charge < -0.3 is 14.8 Å². The Labute approximate surface area is 152 Å². The molecule has 2 atom stereocenters. The summed E-state index contributed by atoms with van der Waals surface area (Å²) in [6.45, 7) is 8.12. The molecule has 8 heteroatoms. The van der Waals surface area contributed by atoms with Gasteiger partial charge in [-0.15, -0.1) is 0 Å². The van der Waals surface area contributed by atoms with E-state index in [1.165, 1.54) is 13.8 Å². The summed E-state index contributed by atoms with van der Waals surface area (Å²) in [6.07, 6.45) is -2.14. The van der Waals surface area contributed by atoms with Gasteiger partial charge in [0.2, 0.25) is 0 Å². The minimum Gasteiger partial charge on any atom is -0.479 e. The SMILES string of the molecule is C[C@@H](OC(=O)[C@@H](C)Oc1ccc(C#N)cc1)C(=O)NC(=O)NC(C)(C)C. The predicted molar refractivity (Wildman–Crippen MR) is 93.2 cm³/mol. The monoisotopic (exact) mass is 361 g/mol. The van der Waals surface area contributed by atoms with Crippen molar-refractivity contribution in [2.24, 2.45) is 0 Å². The van der Waals surface area contributed by atoms with E-state index in [1.807, 2.05) is 6.07 Å². The fourth-order valence-corrected chi connectivity index (χ4v) is 1.77. The highest BCUT2D eigenvalue weighted by Crippen LogP contribution is 2.14. The van der Waals surface area contributed by atoms with Crippen LogP contribution in [0.5, 0.6) is 5.75 Å². The Morgan fingerprint density at radius 1 is 1.08 bits per heavy atom. The topological polar surface area (TPSA) is 118 Å². The van der Waals surface area contributed by atoms with Crippen molar-refractivity contribution in [3.05, 3.63) is 29.8 Å². The molecule has 0 aliphatic rings. The first-order valence-electron chi connectivity index (χ1n) is 8.02. The Hall–Kier alpha value is -3.08. The molecule has 1 aromatic rings. The third-order valence-electron chi connectivity index (χ3n) is 3.02. The number of esters is 1. The van der Waals surface area contributed by atoms with Gasteiger partial charge in [-0.05, 0) is 58.9 Å². The van der Waals surface area contributed by atoms with E-state index in [0.717, 1.165) is 0 Å². The molecule has 0 aliphatic carbocycles. The third-order valence-corrected chi connectivity index (χ3v) is 3.02. The average Bonchev–Trinajstić information content (AvgIpc) is 2.53. The summed E-state index contributed by atoms with van der Waals surface area (Å²) in [5.74, 6) is -1.12. The molecule has 0 aromatic heterocycles. The molecule has 2 N–H and O–H groups in total. The third kappa shape index (κ3) is 7.21. The summed E-state index contributed by atoms with van der Waals surface area (Å²) < 4.78 is 10.4. The van der Waals surface area contributed by atoms with Crippen LogP contribution >= 0.6 is 0 Å². The van der Waals surface area contributed by atoms with Crippen LogP contribution in [0.25, 0.3) is 0 Å². The van der Waals surface area contributed by atoms with Gasteiger partial charge in [-0.25, -0.2) is 9.59 Å². The Kier molecular flexibility index (Phi) is 7.14. The number of nitriles is 1. The molecule has 1 aromatic carbocycles. The van der Waals surface area contributed by atoms with E-state index in [4.69, 9.17) is 14.7 Å². The van der Waals surface area contributed by atoms with Gasteiger partial charge >= 0.3 is 12.0 Å². The number of hydrogen-bond acceptors (Lipinski definition) is 6. The number of rotatable bonds is 5. The number of benzene rings is 1. The van der Waals surface area contributed by atoms with Crippen LogP contribution in [0.4, 0.5) is 4.79 Å². The molecule has 0 heterocycles. The number of hydrogen-bond donors (Lipinski definition) is 2. The highest BCUT2D eigenvalue weighted by molar-refractivity contribution is 5.97. The largest absolute Gasteiger partial charge is 0.479 e. The second kappa shape index (κ2) is 8.85. The van der Waals surface area contributed by atoms with Gasteiger partial charge in [0.05, 0.1) is 11.6 Å². The molecule has 0 fully saturated rings. The molecule has 140 valence electrons. The minimum absolute atomic E-state index is 0.384. The number of carbonyl (C=O) groups excluding carboxylic acids is 3. The smallest absolute Gasteiger partial charge is 0.347 e. The van der Waals surface area contributed by atoms with Gasteiger partial charge in [0.15, 0.2) is 12.2 Å². The fraction of sp³-hybridized carbons (Fsp3) is 0.444. The quantitative estimate of drug-likeness (QED) is 0.773. The second-order valence-electron chi connectivity index (χ2n) is 6.67. The van der Waals surface area contributed by atoms with Gasteiger partial charge in [-0.2, -0.15) is 5.26 Å². The fourth-order valence-electron chi connectivity index (χ4n) is 1.77. The highest BCUT2D eigenvalue weighted by Gasteiger charge is 2.25. The van der Waals surface area contributed by atoms with Crippen LogP contribution in [0.15, 0.2) is 24.3 Å². The molecule has 0 bridgehead atoms. The number of amides is 3. The number of ether oxygens (including phenoxy) is 2. The van der Waals surface area contributed by atoms with Gasteiger partial charge in [-0.3, -0.25) is 10.1 Å². The zero-order chi connectivity index (χ0) is 19.9. The summed E-state index contributed by atoms with van der Waals surface area (Å²) in [7, 11) is 0. The van der Waals surface area contributed by atoms with Crippen molar-refractivity contribution in [3.8, 4) is 11.8 Å². The summed E-state index contributed by atoms with van der Waals surface area (Å²) in [6, 6.07) is 7.51. The number of nitrogens with one attached hydrogen (secondary N) is 2. The molecule has 8 nitrogen and oxygen atoms in total. The lowest BCUT2D eigenvalue weighted by atomic mass is 10.1. The van der Waals surface area contributed by atoms with Crippen molar-refractivity contribution in [1.82, 2.24) is 10.6 Å². The van der Waals surface area contributed by atoms with Gasteiger partial charge in [0.1, 0.15) is 5.75 Å². The Balaban J connectivity index is 2.52. The van der Waals surface area contributed by atoms with Crippen molar-refractivity contribution in [2.75, 3.05) is 0 Å². The zero-order valence-corrected chi connectivity index (χ0v) is 15.5. The molecule has 0 unspecified atom stereocenters. The van der Waals surface area contributed by atoms with Crippen molar-refractivity contribution in [3.63, 3.8) is 0 Å². The average molecular weight is 361 g/mol. The molecule has 0 aliphatic heterocycles. The lowest BCUT2D eigenvalue weighted by Crippen LogP contribution is -2.51. The van der Waals surface area contributed by atoms with E-state index in [-0.39, 0.29) is 0 Å². The highest BCUT2D eigenvalue weighted by atomic mass is 16.6. The minimum atomic E-state index is -1.17. The van der Waals surface area contributed by atoms with Crippen LogP contribution in [0, 0.1) is 11.3 Å². The lowest BCUT2D eigenvalue weighted by molar-refractivity contribution is -0.160. The van der Waals surface area contributed by atoms with E-state index >= 15 is 0 Å². The van der Waals surface area contributed by atoms with Crippen molar-refractivity contribution < 1.29 is 23.9 Å². The Morgan fingerprint density at radius 3 is 2.15 bits per heavy atom. The van der Waals surface area contributed by atoms with E-state index in [2.05, 4.69) is 10.6 Å². The van der Waals surface area contributed by atoms with Crippen molar-refractivity contribution in [2.45, 2.75) is 52.4 Å². The first-order chi connectivity index (χ1) is 12.0. The van der Waals surface area contributed by atoms with E-state index in [0.29, 0.717) is 11.3 Å². The maximum absolute atomic E-state index is 12.0. The molecular formula is C18H23N3O5. The molecule has 26 heavy (non-hydrogen) atoms. The molecule has 0 saturated heterocycles. The maximum Gasteiger partial charge on any atom is 0.347 e. The van der Waals surface area contributed by atoms with Crippen molar-refractivity contribution in [1.29, 1.82) is 5.26 Å². The number of imide groups is 1. The number of carbonyl (C=O) groups is 3. The van der Waals surface area contributed by atoms with Crippen LogP contribution in [-0.2, 0) is 14.3 Å². The Bertz CT molecular complexity index is 701. The normalized spacial score (nSPS) is 12.9. The van der Waals surface area contributed by atoms with Crippen LogP contribution in [0.3, 0.4) is 0 Å². The van der Waals surface area contributed by atoms with Gasteiger partial charge in [0, 0.05) is 5.54 Å². The zero-order valence-electron chi connectivity index (χ0n) is 15.5. The van der Waals surface area contributed by atoms with Gasteiger partial charge in [-0.1, -0.05) is 0 Å². The Morgan fingerprint density at radius 2 is 1.65 bits per heavy atom. The first-order valence-corrected chi connectivity index (χ1v) is 8.02. The van der Waals surface area contributed by atoms with Crippen molar-refractivity contribution >= 4 is 17.9 Å². The number of nitrogens with zero attached hydrogens (tertiary/aromatic N) is 1. The van der Waals surface area contributed by atoms with Crippen LogP contribution < -0.4 is 15.4 Å². The summed E-state index contributed by atoms with van der Waals surface area (Å²) in [5, 5.41) is 13.4. The first kappa shape index (κ1) is 21.0. The number of urea groups is 1. The van der Waals surface area contributed by atoms with Crippen LogP contribution in [-0.4, -0.2) is 35.7 Å². The van der Waals surface area contributed by atoms with E-state index in [9.17, 15) is 14.4 Å². The molecule has 0 spiro atoms. The summed E-state index contributed by atoms with van der Waals surface area (Å²) in [4.78, 5) is 35.6. The van der Waals surface area contributed by atoms with E-state index < -0.39 is 35.7 Å². The standard InChI is InChI=1S/C18H23N3O5/c1-11(15(22)20-17(24)21-18(3,4)5)26-16(23)12(2)25-14-8-6-13(10-19)7-9-14/h6-9,11-12H,1-5H3,(H2,20,21,22,24)/t11-,12-/m1/s1. The van der Waals surface area contributed by atoms with Crippen LogP contribution in [0.2, 0.25) is 0 Å². The second-order valence-corrected chi connectivity index (χ2v) is 6.67. The van der Waals surface area contributed by atoms with E-state index in [1.54, 1.807) is 45.0 Å². The molecule has 1 rings (SSSR count). The summed E-state index contributed by atoms with van der Waals surface area (Å²) in [5.41, 5.74) is -0.0420.